The van der Waals surface area contributed by atoms with E-state index in [1.807, 2.05) is 24.3 Å². The van der Waals surface area contributed by atoms with Crippen LogP contribution >= 0.6 is 0 Å². The van der Waals surface area contributed by atoms with Crippen molar-refractivity contribution in [2.75, 3.05) is 14.1 Å². The number of H-pyrrole nitrogens is 1. The van der Waals surface area contributed by atoms with Gasteiger partial charge >= 0.3 is 0 Å². The van der Waals surface area contributed by atoms with Crippen LogP contribution in [0.2, 0.25) is 0 Å². The van der Waals surface area contributed by atoms with Gasteiger partial charge in [0, 0.05) is 36.7 Å². The fourth-order valence-corrected chi connectivity index (χ4v) is 5.44. The van der Waals surface area contributed by atoms with E-state index in [4.69, 9.17) is 0 Å². The van der Waals surface area contributed by atoms with Gasteiger partial charge in [0.05, 0.1) is 18.6 Å². The van der Waals surface area contributed by atoms with E-state index in [1.165, 1.54) is 28.7 Å². The number of halogens is 2. The van der Waals surface area contributed by atoms with Crippen LogP contribution in [0, 0.1) is 11.6 Å². The number of hydrogen-bond donors (Lipinski definition) is 1. The lowest BCUT2D eigenvalue weighted by molar-refractivity contribution is 0.0980. The van der Waals surface area contributed by atoms with E-state index in [0.717, 1.165) is 57.8 Å². The first kappa shape index (κ1) is 30.7. The molecular formula is C36H32F2N6O2. The van der Waals surface area contributed by atoms with E-state index in [-0.39, 0.29) is 24.3 Å². The number of rotatable bonds is 11. The predicted octanol–water partition coefficient (Wildman–Crippen LogP) is 5.98. The van der Waals surface area contributed by atoms with Gasteiger partial charge in [-0.25, -0.2) is 23.7 Å². The lowest BCUT2D eigenvalue weighted by atomic mass is 10.0. The zero-order valence-corrected chi connectivity index (χ0v) is 25.5. The molecule has 6 aromatic rings. The summed E-state index contributed by atoms with van der Waals surface area (Å²) in [5, 5.41) is 0.969. The van der Waals surface area contributed by atoms with Crippen molar-refractivity contribution in [3.05, 3.63) is 147 Å². The summed E-state index contributed by atoms with van der Waals surface area (Å²) in [6.07, 6.45) is 5.29. The second kappa shape index (κ2) is 13.3. The number of fused-ring (bicyclic) bond motifs is 1. The number of nitrogens with one attached hydrogen (secondary N) is 1. The highest BCUT2D eigenvalue weighted by atomic mass is 19.2. The van der Waals surface area contributed by atoms with Crippen LogP contribution in [0.1, 0.15) is 44.7 Å². The monoisotopic (exact) mass is 618 g/mol. The summed E-state index contributed by atoms with van der Waals surface area (Å²) in [7, 11) is 4.10. The van der Waals surface area contributed by atoms with Crippen LogP contribution in [0.3, 0.4) is 0 Å². The quantitative estimate of drug-likeness (QED) is 0.180. The smallest absolute Gasteiger partial charge is 0.264 e. The molecule has 0 saturated heterocycles. The van der Waals surface area contributed by atoms with Crippen molar-refractivity contribution in [2.24, 2.45) is 0 Å². The lowest BCUT2D eigenvalue weighted by Gasteiger charge is -2.09. The maximum absolute atomic E-state index is 13.6. The second-order valence-electron chi connectivity index (χ2n) is 11.6. The Hall–Kier alpha value is -5.35. The lowest BCUT2D eigenvalue weighted by Crippen LogP contribution is -2.27. The summed E-state index contributed by atoms with van der Waals surface area (Å²) >= 11 is 0. The number of hydrogen-bond acceptors (Lipinski definition) is 6. The van der Waals surface area contributed by atoms with Gasteiger partial charge < -0.3 is 9.88 Å². The molecule has 232 valence electrons. The molecule has 3 aromatic carbocycles. The van der Waals surface area contributed by atoms with E-state index < -0.39 is 17.2 Å². The van der Waals surface area contributed by atoms with Crippen LogP contribution in [0.15, 0.2) is 96.4 Å². The van der Waals surface area contributed by atoms with Crippen molar-refractivity contribution in [3.63, 3.8) is 0 Å². The number of aromatic amines is 1. The summed E-state index contributed by atoms with van der Waals surface area (Å²) in [6, 6.07) is 22.0. The summed E-state index contributed by atoms with van der Waals surface area (Å²) < 4.78 is 28.1. The Kier molecular flexibility index (Phi) is 8.89. The molecule has 0 fully saturated rings. The van der Waals surface area contributed by atoms with Crippen LogP contribution in [-0.4, -0.2) is 49.3 Å². The number of benzene rings is 3. The fraction of sp³-hybridized carbons (Fsp3) is 0.194. The first-order chi connectivity index (χ1) is 22.2. The molecule has 0 aliphatic heterocycles. The number of carbonyl (C=O) groups is 1. The molecule has 0 unspecified atom stereocenters. The fourth-order valence-electron chi connectivity index (χ4n) is 5.44. The SMILES string of the molecule is CN(C)Cc1ccc(-c2cc3c(Cc4ccc(CCC(=O)c5cncn(Cc6ccc(F)c(F)c6)c5=O)cc4)ncnc3[nH]2)cc1. The summed E-state index contributed by atoms with van der Waals surface area (Å²) in [4.78, 5) is 44.5. The van der Waals surface area contributed by atoms with Gasteiger partial charge in [-0.1, -0.05) is 54.6 Å². The third-order valence-electron chi connectivity index (χ3n) is 7.85. The number of nitrogens with zero attached hydrogens (tertiary/aromatic N) is 5. The maximum Gasteiger partial charge on any atom is 0.264 e. The maximum atomic E-state index is 13.6. The van der Waals surface area contributed by atoms with Crippen molar-refractivity contribution in [1.82, 2.24) is 29.4 Å². The Morgan fingerprint density at radius 1 is 0.870 bits per heavy atom. The topological polar surface area (TPSA) is 96.8 Å². The number of Topliss-reactive ketones (excluding diaryl/α,β-unsaturated/α-hetero) is 1. The van der Waals surface area contributed by atoms with E-state index >= 15 is 0 Å². The summed E-state index contributed by atoms with van der Waals surface area (Å²) in [5.74, 6) is -2.30. The number of aromatic nitrogens is 5. The Labute approximate surface area is 264 Å². The van der Waals surface area contributed by atoms with Crippen LogP contribution in [0.4, 0.5) is 8.78 Å². The third-order valence-corrected chi connectivity index (χ3v) is 7.85. The van der Waals surface area contributed by atoms with Crippen LogP contribution in [-0.2, 0) is 25.9 Å². The Morgan fingerprint density at radius 2 is 1.59 bits per heavy atom. The van der Waals surface area contributed by atoms with Gasteiger partial charge in [0.2, 0.25) is 0 Å². The van der Waals surface area contributed by atoms with Crippen LogP contribution < -0.4 is 5.56 Å². The molecule has 0 aliphatic rings. The molecule has 0 spiro atoms. The minimum absolute atomic E-state index is 0.0293. The first-order valence-corrected chi connectivity index (χ1v) is 14.9. The zero-order valence-electron chi connectivity index (χ0n) is 25.5. The molecule has 1 N–H and O–H groups in total. The Bertz CT molecular complexity index is 2070. The van der Waals surface area contributed by atoms with Crippen LogP contribution in [0.25, 0.3) is 22.3 Å². The minimum Gasteiger partial charge on any atom is -0.339 e. The number of aryl methyl sites for hydroxylation is 1. The number of carbonyl (C=O) groups excluding carboxylic acids is 1. The minimum atomic E-state index is -1.00. The molecule has 46 heavy (non-hydrogen) atoms. The van der Waals surface area contributed by atoms with E-state index in [2.05, 4.69) is 69.3 Å². The summed E-state index contributed by atoms with van der Waals surface area (Å²) in [5.41, 5.74) is 6.86. The van der Waals surface area contributed by atoms with Gasteiger partial charge in [-0.05, 0) is 66.5 Å². The molecule has 10 heteroatoms. The molecule has 6 rings (SSSR count). The Balaban J connectivity index is 1.10. The average molecular weight is 619 g/mol. The second-order valence-corrected chi connectivity index (χ2v) is 11.6. The third kappa shape index (κ3) is 6.97. The van der Waals surface area contributed by atoms with E-state index in [0.29, 0.717) is 18.4 Å². The Morgan fingerprint density at radius 3 is 2.33 bits per heavy atom. The molecule has 3 aromatic heterocycles. The van der Waals surface area contributed by atoms with Crippen LogP contribution in [0.5, 0.6) is 0 Å². The first-order valence-electron chi connectivity index (χ1n) is 14.9. The molecular weight excluding hydrogens is 586 g/mol. The molecule has 0 atom stereocenters. The van der Waals surface area contributed by atoms with Crippen molar-refractivity contribution in [1.29, 1.82) is 0 Å². The molecule has 3 heterocycles. The highest BCUT2D eigenvalue weighted by Crippen LogP contribution is 2.26. The van der Waals surface area contributed by atoms with E-state index in [1.54, 1.807) is 6.33 Å². The van der Waals surface area contributed by atoms with Gasteiger partial charge in [0.25, 0.3) is 5.56 Å². The molecule has 0 aliphatic carbocycles. The molecule has 0 saturated carbocycles. The number of ketones is 1. The van der Waals surface area contributed by atoms with E-state index in [9.17, 15) is 18.4 Å². The highest BCUT2D eigenvalue weighted by molar-refractivity contribution is 5.95. The van der Waals surface area contributed by atoms with Gasteiger partial charge in [-0.3, -0.25) is 14.2 Å². The van der Waals surface area contributed by atoms with Crippen molar-refractivity contribution >= 4 is 16.8 Å². The van der Waals surface area contributed by atoms with Gasteiger partial charge in [0.1, 0.15) is 17.5 Å². The molecule has 0 radical (unpaired) electrons. The normalized spacial score (nSPS) is 11.4. The molecule has 0 amide bonds. The van der Waals surface area contributed by atoms with Gasteiger partial charge in [-0.2, -0.15) is 0 Å². The molecule has 0 bridgehead atoms. The van der Waals surface area contributed by atoms with Crippen molar-refractivity contribution in [2.45, 2.75) is 32.4 Å². The standard InChI is InChI=1S/C36H32F2N6O2/c1-43(2)19-25-7-11-27(12-8-25)32-17-28-33(40-21-41-35(28)42-32)16-24-5-3-23(4-6-24)10-14-34(45)29-18-39-22-44(36(29)46)20-26-9-13-30(37)31(38)15-26/h3-9,11-13,15,17-18,21-22H,10,14,16,19-20H2,1-2H3,(H,40,41,42). The van der Waals surface area contributed by atoms with Crippen molar-refractivity contribution in [3.8, 4) is 11.3 Å². The largest absolute Gasteiger partial charge is 0.339 e. The zero-order chi connectivity index (χ0) is 32.2. The highest BCUT2D eigenvalue weighted by Gasteiger charge is 2.15. The average Bonchev–Trinajstić information content (AvgIpc) is 3.49. The van der Waals surface area contributed by atoms with Gasteiger partial charge in [-0.15, -0.1) is 0 Å². The van der Waals surface area contributed by atoms with Gasteiger partial charge in [0.15, 0.2) is 17.4 Å². The predicted molar refractivity (Wildman–Crippen MR) is 173 cm³/mol. The summed E-state index contributed by atoms with van der Waals surface area (Å²) in [6.45, 7) is 0.853. The molecule has 8 nitrogen and oxygen atoms in total. The van der Waals surface area contributed by atoms with Crippen molar-refractivity contribution < 1.29 is 13.6 Å².